The van der Waals surface area contributed by atoms with Crippen LogP contribution >= 0.6 is 23.2 Å². The molecule has 2 aromatic rings. The number of anilines is 1. The van der Waals surface area contributed by atoms with Gasteiger partial charge in [-0.15, -0.1) is 0 Å². The van der Waals surface area contributed by atoms with Gasteiger partial charge in [0.2, 0.25) is 5.91 Å². The molecule has 0 spiro atoms. The summed E-state index contributed by atoms with van der Waals surface area (Å²) < 4.78 is 1.92. The van der Waals surface area contributed by atoms with Crippen molar-refractivity contribution in [3.63, 3.8) is 0 Å². The summed E-state index contributed by atoms with van der Waals surface area (Å²) in [7, 11) is 1.87. The maximum absolute atomic E-state index is 12.3. The molecule has 1 aliphatic heterocycles. The third-order valence-corrected chi connectivity index (χ3v) is 5.42. The Bertz CT molecular complexity index is 889. The third kappa shape index (κ3) is 2.88. The van der Waals surface area contributed by atoms with Crippen LogP contribution in [-0.2, 0) is 23.1 Å². The Morgan fingerprint density at radius 2 is 2.16 bits per heavy atom. The lowest BCUT2D eigenvalue weighted by Crippen LogP contribution is -2.27. The van der Waals surface area contributed by atoms with Gasteiger partial charge in [-0.2, -0.15) is 0 Å². The molecule has 0 saturated heterocycles. The van der Waals surface area contributed by atoms with Crippen LogP contribution in [0.15, 0.2) is 6.07 Å². The first-order valence-electron chi connectivity index (χ1n) is 7.99. The molecule has 2 amide bonds. The average Bonchev–Trinajstić information content (AvgIpc) is 2.75. The van der Waals surface area contributed by atoms with Gasteiger partial charge in [-0.3, -0.25) is 9.59 Å². The van der Waals surface area contributed by atoms with Gasteiger partial charge in [-0.25, -0.2) is 0 Å². The predicted octanol–water partition coefficient (Wildman–Crippen LogP) is 2.58. The van der Waals surface area contributed by atoms with Crippen LogP contribution in [0.3, 0.4) is 0 Å². The monoisotopic (exact) mass is 383 g/mol. The summed E-state index contributed by atoms with van der Waals surface area (Å²) in [5.41, 5.74) is 2.90. The summed E-state index contributed by atoms with van der Waals surface area (Å²) in [6, 6.07) is 1.56. The van der Waals surface area contributed by atoms with Gasteiger partial charge in [-0.05, 0) is 25.5 Å². The molecule has 0 radical (unpaired) electrons. The Morgan fingerprint density at radius 1 is 1.48 bits per heavy atom. The highest BCUT2D eigenvalue weighted by Gasteiger charge is 2.30. The number of aliphatic hydroxyl groups is 1. The molecule has 2 heterocycles. The number of halogens is 2. The number of hydrogen-bond donors (Lipinski definition) is 3. The van der Waals surface area contributed by atoms with Crippen molar-refractivity contribution in [2.24, 2.45) is 7.05 Å². The number of nitrogens with one attached hydrogen (secondary N) is 2. The topological polar surface area (TPSA) is 83.4 Å². The fourth-order valence-corrected chi connectivity index (χ4v) is 3.83. The second-order valence-electron chi connectivity index (χ2n) is 6.29. The van der Waals surface area contributed by atoms with Crippen LogP contribution in [0, 0.1) is 0 Å². The molecule has 3 N–H and O–H groups in total. The Balaban J connectivity index is 2.36. The number of fused-ring (bicyclic) bond motifs is 3. The number of aryl methyl sites for hydroxylation is 1. The summed E-state index contributed by atoms with van der Waals surface area (Å²) in [6.07, 6.45) is -0.526. The van der Waals surface area contributed by atoms with Crippen molar-refractivity contribution >= 4 is 51.6 Å². The minimum atomic E-state index is -1.17. The van der Waals surface area contributed by atoms with E-state index in [9.17, 15) is 14.7 Å². The highest BCUT2D eigenvalue weighted by molar-refractivity contribution is 6.46. The summed E-state index contributed by atoms with van der Waals surface area (Å²) in [5, 5.41) is 16.5. The minimum Gasteiger partial charge on any atom is -0.384 e. The molecule has 0 fully saturated rings. The first kappa shape index (κ1) is 18.0. The molecule has 1 aromatic heterocycles. The lowest BCUT2D eigenvalue weighted by molar-refractivity contribution is -0.123. The number of aliphatic hydroxyl groups excluding tert-OH is 1. The number of carbonyl (C=O) groups is 2. The van der Waals surface area contributed by atoms with E-state index in [2.05, 4.69) is 10.6 Å². The van der Waals surface area contributed by atoms with Crippen LogP contribution in [0.25, 0.3) is 10.9 Å². The van der Waals surface area contributed by atoms with Crippen molar-refractivity contribution < 1.29 is 14.7 Å². The normalized spacial score (nSPS) is 18.5. The third-order valence-electron chi connectivity index (χ3n) is 4.64. The second-order valence-corrected chi connectivity index (χ2v) is 7.08. The van der Waals surface area contributed by atoms with Gasteiger partial charge < -0.3 is 20.3 Å². The van der Waals surface area contributed by atoms with E-state index in [4.69, 9.17) is 23.2 Å². The van der Waals surface area contributed by atoms with Gasteiger partial charge in [0.15, 0.2) is 0 Å². The zero-order valence-corrected chi connectivity index (χ0v) is 15.6. The lowest BCUT2D eigenvalue weighted by Gasteiger charge is -2.14. The molecular formula is C17H19Cl2N3O3. The van der Waals surface area contributed by atoms with Gasteiger partial charge in [0.05, 0.1) is 27.2 Å². The Labute approximate surface area is 155 Å². The Morgan fingerprint density at radius 3 is 2.80 bits per heavy atom. The van der Waals surface area contributed by atoms with Crippen LogP contribution in [0.1, 0.15) is 31.0 Å². The van der Waals surface area contributed by atoms with Crippen LogP contribution < -0.4 is 10.6 Å². The fraction of sp³-hybridized carbons (Fsp3) is 0.412. The van der Waals surface area contributed by atoms with Gasteiger partial charge >= 0.3 is 0 Å². The molecule has 25 heavy (non-hydrogen) atoms. The van der Waals surface area contributed by atoms with E-state index in [1.807, 2.05) is 18.5 Å². The highest BCUT2D eigenvalue weighted by atomic mass is 35.5. The molecule has 8 heteroatoms. The average molecular weight is 384 g/mol. The number of carbonyl (C=O) groups excluding carboxylic acids is 2. The maximum atomic E-state index is 12.3. The van der Waals surface area contributed by atoms with Crippen molar-refractivity contribution in [3.05, 3.63) is 27.4 Å². The molecular weight excluding hydrogens is 365 g/mol. The molecule has 3 rings (SSSR count). The summed E-state index contributed by atoms with van der Waals surface area (Å²) in [6.45, 7) is 3.73. The highest BCUT2D eigenvalue weighted by Crippen LogP contribution is 2.43. The van der Waals surface area contributed by atoms with Crippen molar-refractivity contribution in [1.29, 1.82) is 0 Å². The van der Waals surface area contributed by atoms with E-state index in [0.29, 0.717) is 39.6 Å². The Kier molecular flexibility index (Phi) is 4.70. The van der Waals surface area contributed by atoms with Crippen LogP contribution in [-0.4, -0.2) is 34.1 Å². The molecule has 6 nitrogen and oxygen atoms in total. The van der Waals surface area contributed by atoms with E-state index in [0.717, 1.165) is 11.3 Å². The van der Waals surface area contributed by atoms with Gasteiger partial charge in [0, 0.05) is 31.1 Å². The molecule has 134 valence electrons. The number of rotatable bonds is 2. The van der Waals surface area contributed by atoms with Crippen LogP contribution in [0.2, 0.25) is 10.0 Å². The van der Waals surface area contributed by atoms with Crippen LogP contribution in [0.4, 0.5) is 5.69 Å². The first-order chi connectivity index (χ1) is 11.7. The largest absolute Gasteiger partial charge is 0.384 e. The molecule has 2 atom stereocenters. The first-order valence-corrected chi connectivity index (χ1v) is 8.75. The van der Waals surface area contributed by atoms with E-state index in [-0.39, 0.29) is 5.91 Å². The van der Waals surface area contributed by atoms with Gasteiger partial charge in [-0.1, -0.05) is 23.2 Å². The van der Waals surface area contributed by atoms with Crippen molar-refractivity contribution in [1.82, 2.24) is 9.88 Å². The van der Waals surface area contributed by atoms with Crippen molar-refractivity contribution in [2.45, 2.75) is 32.3 Å². The standard InChI is InChI=1S/C17H19Cl2N3O3/c1-7-12-11(4-5-20-16(7)24)22(3)15-13(12)10(6-9(18)14(15)19)21-17(25)8(2)23/h6-8,23H,4-5H2,1-3H3,(H,20,24)(H,21,25)/t7-,8+/m0/s1. The summed E-state index contributed by atoms with van der Waals surface area (Å²) in [4.78, 5) is 24.3. The SMILES string of the molecule is C[C@@H]1C(=O)NCCc2c1c1c(NC(=O)[C@@H](C)O)cc(Cl)c(Cl)c1n2C. The second kappa shape index (κ2) is 6.52. The molecule has 0 unspecified atom stereocenters. The van der Waals surface area contributed by atoms with E-state index in [1.54, 1.807) is 6.07 Å². The summed E-state index contributed by atoms with van der Waals surface area (Å²) in [5.74, 6) is -1.03. The number of aromatic nitrogens is 1. The van der Waals surface area contributed by atoms with Crippen molar-refractivity contribution in [3.8, 4) is 0 Å². The van der Waals surface area contributed by atoms with E-state index in [1.165, 1.54) is 6.92 Å². The molecule has 0 bridgehead atoms. The summed E-state index contributed by atoms with van der Waals surface area (Å²) >= 11 is 12.7. The van der Waals surface area contributed by atoms with Crippen molar-refractivity contribution in [2.75, 3.05) is 11.9 Å². The molecule has 1 aromatic carbocycles. The Hall–Kier alpha value is -1.76. The number of amides is 2. The zero-order chi connectivity index (χ0) is 18.5. The maximum Gasteiger partial charge on any atom is 0.252 e. The quantitative estimate of drug-likeness (QED) is 0.744. The molecule has 1 aliphatic rings. The van der Waals surface area contributed by atoms with Crippen LogP contribution in [0.5, 0.6) is 0 Å². The molecule has 0 saturated carbocycles. The van der Waals surface area contributed by atoms with E-state index < -0.39 is 17.9 Å². The van der Waals surface area contributed by atoms with E-state index >= 15 is 0 Å². The number of benzene rings is 1. The predicted molar refractivity (Wildman–Crippen MR) is 98.4 cm³/mol. The number of nitrogens with zero attached hydrogens (tertiary/aromatic N) is 1. The fourth-order valence-electron chi connectivity index (χ4n) is 3.35. The number of hydrogen-bond acceptors (Lipinski definition) is 3. The van der Waals surface area contributed by atoms with Gasteiger partial charge in [0.1, 0.15) is 6.10 Å². The lowest BCUT2D eigenvalue weighted by atomic mass is 9.96. The zero-order valence-electron chi connectivity index (χ0n) is 14.1. The van der Waals surface area contributed by atoms with Gasteiger partial charge in [0.25, 0.3) is 5.91 Å². The molecule has 0 aliphatic carbocycles. The minimum absolute atomic E-state index is 0.0786. The smallest absolute Gasteiger partial charge is 0.252 e.